The lowest BCUT2D eigenvalue weighted by molar-refractivity contribution is -0.135. The Labute approximate surface area is 81.1 Å². The number of aliphatic carboxylic acids is 1. The number of hydrogen-bond acceptors (Lipinski definition) is 3. The molecule has 0 radical (unpaired) electrons. The third kappa shape index (κ3) is 2.52. The van der Waals surface area contributed by atoms with E-state index in [0.717, 1.165) is 0 Å². The Kier molecular flexibility index (Phi) is 3.12. The van der Waals surface area contributed by atoms with Crippen molar-refractivity contribution in [3.63, 3.8) is 0 Å². The van der Waals surface area contributed by atoms with Crippen LogP contribution in [0.4, 0.5) is 0 Å². The summed E-state index contributed by atoms with van der Waals surface area (Å²) in [5, 5.41) is 17.3. The zero-order valence-electron chi connectivity index (χ0n) is 7.60. The van der Waals surface area contributed by atoms with E-state index in [1.807, 2.05) is 0 Å². The van der Waals surface area contributed by atoms with E-state index < -0.39 is 11.7 Å². The Hall–Kier alpha value is -1.97. The highest BCUT2D eigenvalue weighted by Crippen LogP contribution is 2.13. The first-order valence-corrected chi connectivity index (χ1v) is 3.91. The lowest BCUT2D eigenvalue weighted by Gasteiger charge is -1.99. The van der Waals surface area contributed by atoms with Crippen molar-refractivity contribution in [2.45, 2.75) is 0 Å². The molecule has 0 saturated heterocycles. The van der Waals surface area contributed by atoms with Crippen LogP contribution in [0.2, 0.25) is 0 Å². The van der Waals surface area contributed by atoms with Crippen LogP contribution in [0, 0.1) is 0 Å². The average Bonchev–Trinajstić information content (AvgIpc) is 2.19. The van der Waals surface area contributed by atoms with Crippen molar-refractivity contribution in [1.82, 2.24) is 0 Å². The summed E-state index contributed by atoms with van der Waals surface area (Å²) < 4.78 is 4.92. The van der Waals surface area contributed by atoms with E-state index >= 15 is 0 Å². The smallest absolute Gasteiger partial charge is 0.370 e. The molecule has 0 amide bonds. The van der Waals surface area contributed by atoms with Crippen molar-refractivity contribution in [2.75, 3.05) is 7.11 Å². The summed E-state index contributed by atoms with van der Waals surface area (Å²) in [7, 11) is 1.54. The van der Waals surface area contributed by atoms with Crippen molar-refractivity contribution >= 4 is 12.0 Å². The van der Waals surface area contributed by atoms with Gasteiger partial charge in [0.1, 0.15) is 5.75 Å². The van der Waals surface area contributed by atoms with Crippen LogP contribution in [-0.4, -0.2) is 23.3 Å². The molecule has 4 nitrogen and oxygen atoms in total. The van der Waals surface area contributed by atoms with Gasteiger partial charge >= 0.3 is 5.97 Å². The molecule has 1 aromatic carbocycles. The first-order chi connectivity index (χ1) is 6.63. The Morgan fingerprint density at radius 1 is 1.29 bits per heavy atom. The molecule has 0 fully saturated rings. The number of aliphatic hydroxyl groups excluding tert-OH is 1. The Balaban J connectivity index is 2.88. The van der Waals surface area contributed by atoms with Gasteiger partial charge in [-0.25, -0.2) is 4.79 Å². The highest BCUT2D eigenvalue weighted by molar-refractivity contribution is 5.89. The predicted molar refractivity (Wildman–Crippen MR) is 51.2 cm³/mol. The SMILES string of the molecule is COc1ccc(/C=C(\O)C(=O)O)cc1. The van der Waals surface area contributed by atoms with Gasteiger partial charge in [-0.3, -0.25) is 0 Å². The summed E-state index contributed by atoms with van der Waals surface area (Å²) in [5.41, 5.74) is 0.603. The standard InChI is InChI=1S/C10H10O4/c1-14-8-4-2-7(3-5-8)6-9(11)10(12)13/h2-6,11H,1H3,(H,12,13)/b9-6-. The second kappa shape index (κ2) is 4.32. The van der Waals surface area contributed by atoms with Crippen LogP contribution in [0.3, 0.4) is 0 Å². The fourth-order valence-corrected chi connectivity index (χ4v) is 0.920. The molecule has 0 aliphatic rings. The van der Waals surface area contributed by atoms with Crippen LogP contribution in [-0.2, 0) is 4.79 Å². The second-order valence-corrected chi connectivity index (χ2v) is 2.61. The lowest BCUT2D eigenvalue weighted by Crippen LogP contribution is -1.98. The van der Waals surface area contributed by atoms with E-state index in [4.69, 9.17) is 14.9 Å². The zero-order valence-corrected chi connectivity index (χ0v) is 7.60. The van der Waals surface area contributed by atoms with E-state index in [1.165, 1.54) is 6.08 Å². The summed E-state index contributed by atoms with van der Waals surface area (Å²) in [6, 6.07) is 6.66. The van der Waals surface area contributed by atoms with Gasteiger partial charge in [-0.2, -0.15) is 0 Å². The lowest BCUT2D eigenvalue weighted by atomic mass is 10.2. The molecule has 1 aromatic rings. The third-order valence-electron chi connectivity index (χ3n) is 1.64. The number of hydrogen-bond donors (Lipinski definition) is 2. The van der Waals surface area contributed by atoms with Crippen molar-refractivity contribution in [3.8, 4) is 5.75 Å². The second-order valence-electron chi connectivity index (χ2n) is 2.61. The number of ether oxygens (including phenoxy) is 1. The topological polar surface area (TPSA) is 66.8 Å². The number of benzene rings is 1. The first kappa shape index (κ1) is 10.1. The van der Waals surface area contributed by atoms with Gasteiger partial charge in [-0.15, -0.1) is 0 Å². The normalized spacial score (nSPS) is 11.1. The van der Waals surface area contributed by atoms with Gasteiger partial charge in [0.05, 0.1) is 7.11 Å². The van der Waals surface area contributed by atoms with E-state index in [0.29, 0.717) is 11.3 Å². The maximum Gasteiger partial charge on any atom is 0.370 e. The maximum absolute atomic E-state index is 10.3. The summed E-state index contributed by atoms with van der Waals surface area (Å²) in [6.07, 6.45) is 1.17. The van der Waals surface area contributed by atoms with E-state index in [-0.39, 0.29) is 0 Å². The Morgan fingerprint density at radius 3 is 2.29 bits per heavy atom. The maximum atomic E-state index is 10.3. The summed E-state index contributed by atoms with van der Waals surface area (Å²) in [5.74, 6) is -1.35. The molecule has 0 atom stereocenters. The quantitative estimate of drug-likeness (QED) is 0.567. The summed E-state index contributed by atoms with van der Waals surface area (Å²) in [6.45, 7) is 0. The van der Waals surface area contributed by atoms with Gasteiger partial charge in [0.2, 0.25) is 5.76 Å². The molecule has 0 spiro atoms. The van der Waals surface area contributed by atoms with Gasteiger partial charge in [0, 0.05) is 0 Å². The van der Waals surface area contributed by atoms with Crippen molar-refractivity contribution in [3.05, 3.63) is 35.6 Å². The van der Waals surface area contributed by atoms with Crippen LogP contribution in [0.25, 0.3) is 6.08 Å². The minimum atomic E-state index is -1.35. The van der Waals surface area contributed by atoms with Crippen LogP contribution in [0.15, 0.2) is 30.0 Å². The molecule has 0 saturated carbocycles. The van der Waals surface area contributed by atoms with Gasteiger partial charge in [0.15, 0.2) is 0 Å². The van der Waals surface area contributed by atoms with Crippen molar-refractivity contribution < 1.29 is 19.7 Å². The number of carboxylic acid groups (broad SMARTS) is 1. The number of methoxy groups -OCH3 is 1. The summed E-state index contributed by atoms with van der Waals surface area (Å²) >= 11 is 0. The highest BCUT2D eigenvalue weighted by Gasteiger charge is 2.02. The van der Waals surface area contributed by atoms with E-state index in [1.54, 1.807) is 31.4 Å². The van der Waals surface area contributed by atoms with Gasteiger partial charge in [-0.05, 0) is 23.8 Å². The van der Waals surface area contributed by atoms with Gasteiger partial charge in [-0.1, -0.05) is 12.1 Å². The van der Waals surface area contributed by atoms with Crippen LogP contribution in [0.5, 0.6) is 5.75 Å². The van der Waals surface area contributed by atoms with Crippen molar-refractivity contribution in [2.24, 2.45) is 0 Å². The Bertz CT molecular complexity index is 351. The van der Waals surface area contributed by atoms with Gasteiger partial charge < -0.3 is 14.9 Å². The highest BCUT2D eigenvalue weighted by atomic mass is 16.5. The molecule has 1 rings (SSSR count). The third-order valence-corrected chi connectivity index (χ3v) is 1.64. The Morgan fingerprint density at radius 2 is 1.86 bits per heavy atom. The van der Waals surface area contributed by atoms with Crippen molar-refractivity contribution in [1.29, 1.82) is 0 Å². The molecule has 74 valence electrons. The molecule has 0 aliphatic heterocycles. The minimum Gasteiger partial charge on any atom is -0.502 e. The molecule has 0 bridgehead atoms. The monoisotopic (exact) mass is 194 g/mol. The average molecular weight is 194 g/mol. The predicted octanol–water partition coefficient (Wildman–Crippen LogP) is 1.68. The van der Waals surface area contributed by atoms with Crippen LogP contribution >= 0.6 is 0 Å². The molecule has 0 aliphatic carbocycles. The molecule has 2 N–H and O–H groups in total. The molecular formula is C10H10O4. The number of aliphatic hydroxyl groups is 1. The van der Waals surface area contributed by atoms with E-state index in [2.05, 4.69) is 0 Å². The molecule has 0 aromatic heterocycles. The largest absolute Gasteiger partial charge is 0.502 e. The fraction of sp³-hybridized carbons (Fsp3) is 0.100. The van der Waals surface area contributed by atoms with E-state index in [9.17, 15) is 4.79 Å². The fourth-order valence-electron chi connectivity index (χ4n) is 0.920. The minimum absolute atomic E-state index is 0.603. The number of rotatable bonds is 3. The molecule has 14 heavy (non-hydrogen) atoms. The molecular weight excluding hydrogens is 184 g/mol. The van der Waals surface area contributed by atoms with Crippen LogP contribution < -0.4 is 4.74 Å². The number of carboxylic acids is 1. The zero-order chi connectivity index (χ0) is 10.6. The van der Waals surface area contributed by atoms with Crippen LogP contribution in [0.1, 0.15) is 5.56 Å². The summed E-state index contributed by atoms with van der Waals surface area (Å²) in [4.78, 5) is 10.3. The molecule has 0 heterocycles. The first-order valence-electron chi connectivity index (χ1n) is 3.91. The molecule has 0 unspecified atom stereocenters. The molecule has 4 heteroatoms. The number of carbonyl (C=O) groups is 1. The van der Waals surface area contributed by atoms with Gasteiger partial charge in [0.25, 0.3) is 0 Å².